The lowest BCUT2D eigenvalue weighted by Crippen LogP contribution is -2.43. The van der Waals surface area contributed by atoms with Crippen LogP contribution in [0.4, 0.5) is 0 Å². The lowest BCUT2D eigenvalue weighted by atomic mass is 10.0. The first-order valence-electron chi connectivity index (χ1n) is 9.77. The molecule has 7 heteroatoms. The van der Waals surface area contributed by atoms with Crippen LogP contribution in [-0.4, -0.2) is 32.7 Å². The fourth-order valence-corrected chi connectivity index (χ4v) is 3.11. The number of phenols is 1. The van der Waals surface area contributed by atoms with Gasteiger partial charge in [-0.1, -0.05) is 25.5 Å². The van der Waals surface area contributed by atoms with Crippen molar-refractivity contribution >= 4 is 11.9 Å². The molecule has 0 fully saturated rings. The smallest absolute Gasteiger partial charge is 0.326 e. The number of pyridine rings is 1. The van der Waals surface area contributed by atoms with Gasteiger partial charge in [-0.2, -0.15) is 0 Å². The zero-order chi connectivity index (χ0) is 21.6. The van der Waals surface area contributed by atoms with Gasteiger partial charge in [0.05, 0.1) is 0 Å². The number of nitrogens with zero attached hydrogens (tertiary/aromatic N) is 1. The number of aliphatic carboxylic acids is 1. The van der Waals surface area contributed by atoms with Crippen LogP contribution in [0.15, 0.2) is 35.1 Å². The number of phenolic OH excluding ortho intramolecular Hbond substituents is 1. The van der Waals surface area contributed by atoms with Crippen molar-refractivity contribution in [2.75, 3.05) is 0 Å². The molecule has 156 valence electrons. The van der Waals surface area contributed by atoms with E-state index in [4.69, 9.17) is 0 Å². The van der Waals surface area contributed by atoms with Crippen molar-refractivity contribution in [2.45, 2.75) is 59.0 Å². The van der Waals surface area contributed by atoms with Crippen LogP contribution < -0.4 is 10.9 Å². The van der Waals surface area contributed by atoms with Gasteiger partial charge in [0.1, 0.15) is 17.4 Å². The lowest BCUT2D eigenvalue weighted by molar-refractivity contribution is -0.139. The van der Waals surface area contributed by atoms with E-state index in [0.717, 1.165) is 29.7 Å². The molecule has 1 atom stereocenters. The monoisotopic (exact) mass is 400 g/mol. The summed E-state index contributed by atoms with van der Waals surface area (Å²) in [5, 5.41) is 21.3. The highest BCUT2D eigenvalue weighted by atomic mass is 16.4. The van der Waals surface area contributed by atoms with Crippen LogP contribution in [0.1, 0.15) is 53.4 Å². The van der Waals surface area contributed by atoms with Crippen molar-refractivity contribution in [3.63, 3.8) is 0 Å². The SMILES string of the molecule is CCCCn1c(C)c(C)cc(C(=O)NC(CCc2ccc(O)cc2)C(=O)O)c1=O. The van der Waals surface area contributed by atoms with E-state index in [0.29, 0.717) is 13.0 Å². The molecule has 1 aromatic carbocycles. The van der Waals surface area contributed by atoms with Crippen LogP contribution in [-0.2, 0) is 17.8 Å². The highest BCUT2D eigenvalue weighted by molar-refractivity contribution is 5.96. The minimum atomic E-state index is -1.16. The van der Waals surface area contributed by atoms with Crippen molar-refractivity contribution in [3.05, 3.63) is 63.1 Å². The third kappa shape index (κ3) is 5.70. The van der Waals surface area contributed by atoms with Crippen LogP contribution in [0.25, 0.3) is 0 Å². The Morgan fingerprint density at radius 1 is 1.17 bits per heavy atom. The number of benzene rings is 1. The van der Waals surface area contributed by atoms with E-state index in [1.54, 1.807) is 16.7 Å². The second kappa shape index (κ2) is 9.91. The highest BCUT2D eigenvalue weighted by Crippen LogP contribution is 2.13. The van der Waals surface area contributed by atoms with Gasteiger partial charge in [-0.05, 0) is 62.4 Å². The Bertz CT molecular complexity index is 931. The standard InChI is InChI=1S/C22H28N2O5/c1-4-5-12-24-15(3)14(2)13-18(21(24)27)20(26)23-19(22(28)29)11-8-16-6-9-17(25)10-7-16/h6-7,9-10,13,19,25H,4-5,8,11-12H2,1-3H3,(H,23,26)(H,28,29). The van der Waals surface area contributed by atoms with Gasteiger partial charge in [0.2, 0.25) is 0 Å². The maximum Gasteiger partial charge on any atom is 0.326 e. The topological polar surface area (TPSA) is 109 Å². The number of unbranched alkanes of at least 4 members (excludes halogenated alkanes) is 1. The van der Waals surface area contributed by atoms with Gasteiger partial charge in [-0.15, -0.1) is 0 Å². The molecule has 1 amide bonds. The number of aromatic hydroxyl groups is 1. The molecule has 1 aromatic heterocycles. The summed E-state index contributed by atoms with van der Waals surface area (Å²) in [7, 11) is 0. The molecule has 0 saturated carbocycles. The number of carbonyl (C=O) groups is 2. The molecule has 0 saturated heterocycles. The van der Waals surface area contributed by atoms with Crippen molar-refractivity contribution in [2.24, 2.45) is 0 Å². The zero-order valence-electron chi connectivity index (χ0n) is 17.1. The molecular weight excluding hydrogens is 372 g/mol. The summed E-state index contributed by atoms with van der Waals surface area (Å²) in [5.41, 5.74) is 2.02. The maximum atomic E-state index is 12.8. The van der Waals surface area contributed by atoms with Crippen molar-refractivity contribution in [1.29, 1.82) is 0 Å². The molecule has 3 N–H and O–H groups in total. The number of amides is 1. The molecule has 0 radical (unpaired) electrons. The van der Waals surface area contributed by atoms with Crippen molar-refractivity contribution in [1.82, 2.24) is 9.88 Å². The van der Waals surface area contributed by atoms with Gasteiger partial charge in [0.25, 0.3) is 11.5 Å². The lowest BCUT2D eigenvalue weighted by Gasteiger charge is -2.17. The summed E-state index contributed by atoms with van der Waals surface area (Å²) in [4.78, 5) is 37.1. The molecule has 2 aromatic rings. The predicted molar refractivity (Wildman–Crippen MR) is 110 cm³/mol. The predicted octanol–water partition coefficient (Wildman–Crippen LogP) is 2.79. The summed E-state index contributed by atoms with van der Waals surface area (Å²) in [6, 6.07) is 6.85. The van der Waals surface area contributed by atoms with Crippen molar-refractivity contribution in [3.8, 4) is 5.75 Å². The fourth-order valence-electron chi connectivity index (χ4n) is 3.11. The average molecular weight is 400 g/mol. The van der Waals surface area contributed by atoms with E-state index < -0.39 is 23.5 Å². The Balaban J connectivity index is 2.19. The summed E-state index contributed by atoms with van der Waals surface area (Å²) in [5.74, 6) is -1.71. The van der Waals surface area contributed by atoms with E-state index in [1.165, 1.54) is 18.2 Å². The van der Waals surface area contributed by atoms with E-state index in [2.05, 4.69) is 5.32 Å². The molecular formula is C22H28N2O5. The van der Waals surface area contributed by atoms with E-state index >= 15 is 0 Å². The van der Waals surface area contributed by atoms with Gasteiger partial charge in [0.15, 0.2) is 0 Å². The third-order valence-corrected chi connectivity index (χ3v) is 5.05. The number of nitrogens with one attached hydrogen (secondary N) is 1. The van der Waals surface area contributed by atoms with Crippen LogP contribution in [0.3, 0.4) is 0 Å². The van der Waals surface area contributed by atoms with Crippen LogP contribution in [0.5, 0.6) is 5.75 Å². The molecule has 0 spiro atoms. The Hall–Kier alpha value is -3.09. The molecule has 0 aliphatic heterocycles. The van der Waals surface area contributed by atoms with Crippen LogP contribution >= 0.6 is 0 Å². The number of rotatable bonds is 9. The number of carboxylic acid groups (broad SMARTS) is 1. The van der Waals surface area contributed by atoms with Gasteiger partial charge < -0.3 is 20.1 Å². The Morgan fingerprint density at radius 2 is 1.83 bits per heavy atom. The van der Waals surface area contributed by atoms with Gasteiger partial charge in [-0.25, -0.2) is 4.79 Å². The number of carboxylic acids is 1. The quantitative estimate of drug-likeness (QED) is 0.600. The first kappa shape index (κ1) is 22.2. The average Bonchev–Trinajstić information content (AvgIpc) is 2.68. The number of hydrogen-bond donors (Lipinski definition) is 3. The van der Waals surface area contributed by atoms with Crippen molar-refractivity contribution < 1.29 is 19.8 Å². The summed E-state index contributed by atoms with van der Waals surface area (Å²) in [6.45, 7) is 6.21. The molecule has 1 heterocycles. The fraction of sp³-hybridized carbons (Fsp3) is 0.409. The molecule has 29 heavy (non-hydrogen) atoms. The molecule has 0 bridgehead atoms. The minimum absolute atomic E-state index is 0.0416. The molecule has 0 aliphatic carbocycles. The van der Waals surface area contributed by atoms with Crippen LogP contribution in [0, 0.1) is 13.8 Å². The first-order valence-corrected chi connectivity index (χ1v) is 9.77. The second-order valence-electron chi connectivity index (χ2n) is 7.21. The van der Waals surface area contributed by atoms with E-state index in [-0.39, 0.29) is 17.7 Å². The Morgan fingerprint density at radius 3 is 2.41 bits per heavy atom. The molecule has 0 aliphatic rings. The second-order valence-corrected chi connectivity index (χ2v) is 7.21. The number of aromatic nitrogens is 1. The highest BCUT2D eigenvalue weighted by Gasteiger charge is 2.23. The zero-order valence-corrected chi connectivity index (χ0v) is 17.1. The number of aryl methyl sites for hydroxylation is 2. The molecule has 1 unspecified atom stereocenters. The normalized spacial score (nSPS) is 11.8. The van der Waals surface area contributed by atoms with E-state index in [1.807, 2.05) is 20.8 Å². The largest absolute Gasteiger partial charge is 0.508 e. The minimum Gasteiger partial charge on any atom is -0.508 e. The molecule has 2 rings (SSSR count). The number of hydrogen-bond acceptors (Lipinski definition) is 4. The van der Waals surface area contributed by atoms with Gasteiger partial charge >= 0.3 is 5.97 Å². The summed E-state index contributed by atoms with van der Waals surface area (Å²) >= 11 is 0. The molecule has 7 nitrogen and oxygen atoms in total. The Kier molecular flexibility index (Phi) is 7.59. The summed E-state index contributed by atoms with van der Waals surface area (Å²) < 4.78 is 1.58. The number of carbonyl (C=O) groups excluding carboxylic acids is 1. The van der Waals surface area contributed by atoms with Gasteiger partial charge in [0, 0.05) is 12.2 Å². The Labute approximate surface area is 170 Å². The third-order valence-electron chi connectivity index (χ3n) is 5.05. The van der Waals surface area contributed by atoms with E-state index in [9.17, 15) is 24.6 Å². The first-order chi connectivity index (χ1) is 13.7. The maximum absolute atomic E-state index is 12.8. The van der Waals surface area contributed by atoms with Crippen LogP contribution in [0.2, 0.25) is 0 Å². The van der Waals surface area contributed by atoms with Gasteiger partial charge in [-0.3, -0.25) is 9.59 Å². The summed E-state index contributed by atoms with van der Waals surface area (Å²) in [6.07, 6.45) is 2.31.